The summed E-state index contributed by atoms with van der Waals surface area (Å²) in [4.78, 5) is 9.09. The molecule has 0 saturated carbocycles. The number of benzene rings is 1. The number of aryl methyl sites for hydroxylation is 1. The number of carbonyl (C=O) groups excluding carboxylic acids is 1. The number of nitrogens with one attached hydrogen (secondary N) is 1. The summed E-state index contributed by atoms with van der Waals surface area (Å²) < 4.78 is 42.1. The lowest BCUT2D eigenvalue weighted by molar-refractivity contribution is -0.289. The summed E-state index contributed by atoms with van der Waals surface area (Å²) in [7, 11) is 4.40. The van der Waals surface area contributed by atoms with Crippen molar-refractivity contribution < 1.29 is 42.9 Å². The summed E-state index contributed by atoms with van der Waals surface area (Å²) >= 11 is 0. The predicted octanol–water partition coefficient (Wildman–Crippen LogP) is -0.665. The Hall–Kier alpha value is -1.48. The van der Waals surface area contributed by atoms with E-state index in [9.17, 15) is 22.9 Å². The number of aliphatic hydroxyl groups is 4. The second kappa shape index (κ2) is 10.4. The van der Waals surface area contributed by atoms with Crippen molar-refractivity contribution in [3.05, 3.63) is 29.8 Å². The van der Waals surface area contributed by atoms with Crippen LogP contribution in [0.25, 0.3) is 0 Å². The van der Waals surface area contributed by atoms with Crippen LogP contribution in [0.3, 0.4) is 0 Å². The average molecular weight is 464 g/mol. The Balaban J connectivity index is 0.000000235. The van der Waals surface area contributed by atoms with Crippen molar-refractivity contribution in [2.24, 2.45) is 0 Å². The molecule has 3 atom stereocenters. The molecule has 2 heterocycles. The standard InChI is InChI=1S/C8H8O2.C6H11F2N.C4H8BNO5S/c1-7-2-4-8(5-3-7)10-6-9;1-9-4-2-3-6(7,8)5-9;1-2(7)3(8,9)4(5,10)6-12(2)11/h2-6H,1H3;2-5H2,1H3;6-10H,1H3. The minimum atomic E-state index is -3.06. The highest BCUT2D eigenvalue weighted by atomic mass is 32.2. The summed E-state index contributed by atoms with van der Waals surface area (Å²) in [5, 5.41) is 36.5. The maximum absolute atomic E-state index is 12.4. The van der Waals surface area contributed by atoms with Crippen LogP contribution >= 0.6 is 0 Å². The molecule has 0 bridgehead atoms. The van der Waals surface area contributed by atoms with E-state index in [2.05, 4.69) is 4.74 Å². The second-order valence-corrected chi connectivity index (χ2v) is 9.05. The quantitative estimate of drug-likeness (QED) is 0.221. The van der Waals surface area contributed by atoms with E-state index in [1.165, 1.54) is 0 Å². The van der Waals surface area contributed by atoms with Crippen LogP contribution in [0.2, 0.25) is 0 Å². The Bertz CT molecular complexity index is 764. The molecule has 2 saturated heterocycles. The Morgan fingerprint density at radius 3 is 2.06 bits per heavy atom. The molecule has 0 aromatic heterocycles. The smallest absolute Gasteiger partial charge is 0.298 e. The second-order valence-electron chi connectivity index (χ2n) is 7.52. The lowest BCUT2D eigenvalue weighted by Crippen LogP contribution is -2.63. The number of ether oxygens (including phenoxy) is 1. The van der Waals surface area contributed by atoms with Crippen LogP contribution in [-0.2, 0) is 15.8 Å². The number of piperidine rings is 1. The molecule has 3 unspecified atom stereocenters. The fourth-order valence-corrected chi connectivity index (χ4v) is 3.67. The lowest BCUT2D eigenvalue weighted by atomic mass is 9.81. The van der Waals surface area contributed by atoms with Gasteiger partial charge in [0.2, 0.25) is 10.7 Å². The third kappa shape index (κ3) is 7.27. The number of hydrogen-bond acceptors (Lipinski definition) is 8. The van der Waals surface area contributed by atoms with Crippen molar-refractivity contribution in [1.29, 1.82) is 0 Å². The normalized spacial score (nSPS) is 31.5. The Morgan fingerprint density at radius 2 is 1.77 bits per heavy atom. The summed E-state index contributed by atoms with van der Waals surface area (Å²) in [5.74, 6) is -4.90. The van der Waals surface area contributed by atoms with E-state index in [1.807, 2.05) is 19.1 Å². The van der Waals surface area contributed by atoms with Gasteiger partial charge in [-0.1, -0.05) is 17.7 Å². The van der Waals surface area contributed by atoms with E-state index >= 15 is 0 Å². The molecule has 2 fully saturated rings. The number of halogens is 2. The third-order valence-corrected chi connectivity index (χ3v) is 6.08. The van der Waals surface area contributed by atoms with Gasteiger partial charge in [0, 0.05) is 6.42 Å². The molecule has 1 aromatic carbocycles. The molecule has 2 aliphatic rings. The molecule has 31 heavy (non-hydrogen) atoms. The van der Waals surface area contributed by atoms with Crippen molar-refractivity contribution in [3.63, 3.8) is 0 Å². The van der Waals surface area contributed by atoms with Gasteiger partial charge in [0.25, 0.3) is 12.4 Å². The van der Waals surface area contributed by atoms with E-state index in [-0.39, 0.29) is 13.0 Å². The first-order chi connectivity index (χ1) is 14.1. The first kappa shape index (κ1) is 27.6. The van der Waals surface area contributed by atoms with Gasteiger partial charge in [-0.15, -0.1) is 0 Å². The molecule has 9 nitrogen and oxygen atoms in total. The van der Waals surface area contributed by atoms with Crippen LogP contribution in [0, 0.1) is 6.92 Å². The van der Waals surface area contributed by atoms with Gasteiger partial charge in [-0.3, -0.25) is 4.79 Å². The van der Waals surface area contributed by atoms with Crippen LogP contribution in [-0.4, -0.2) is 86.3 Å². The van der Waals surface area contributed by atoms with Crippen LogP contribution in [0.15, 0.2) is 24.3 Å². The van der Waals surface area contributed by atoms with Crippen LogP contribution in [0.5, 0.6) is 5.75 Å². The Kier molecular flexibility index (Phi) is 9.27. The zero-order valence-corrected chi connectivity index (χ0v) is 18.2. The van der Waals surface area contributed by atoms with E-state index in [0.29, 0.717) is 18.6 Å². The highest BCUT2D eigenvalue weighted by molar-refractivity contribution is 7.84. The van der Waals surface area contributed by atoms with Gasteiger partial charge >= 0.3 is 0 Å². The number of rotatable bonds is 2. The van der Waals surface area contributed by atoms with E-state index < -0.39 is 33.3 Å². The van der Waals surface area contributed by atoms with Gasteiger partial charge in [-0.25, -0.2) is 17.7 Å². The molecule has 0 spiro atoms. The van der Waals surface area contributed by atoms with Crippen LogP contribution in [0.4, 0.5) is 8.78 Å². The van der Waals surface area contributed by atoms with Gasteiger partial charge in [-0.2, -0.15) is 0 Å². The molecule has 174 valence electrons. The van der Waals surface area contributed by atoms with Gasteiger partial charge in [0.05, 0.1) is 6.54 Å². The number of nitrogens with zero attached hydrogens (tertiary/aromatic N) is 1. The number of hydrogen-bond donors (Lipinski definition) is 5. The molecular weight excluding hydrogens is 437 g/mol. The van der Waals surface area contributed by atoms with Gasteiger partial charge in [0.1, 0.15) is 30.2 Å². The van der Waals surface area contributed by atoms with Crippen molar-refractivity contribution in [2.45, 2.75) is 49.0 Å². The van der Waals surface area contributed by atoms with E-state index in [4.69, 9.17) is 23.2 Å². The molecule has 0 aliphatic carbocycles. The first-order valence-electron chi connectivity index (χ1n) is 9.17. The molecular formula is C18H27BF2N2O7S. The van der Waals surface area contributed by atoms with E-state index in [0.717, 1.165) is 19.0 Å². The van der Waals surface area contributed by atoms with Crippen LogP contribution < -0.4 is 9.46 Å². The molecule has 13 heteroatoms. The monoisotopic (exact) mass is 464 g/mol. The van der Waals surface area contributed by atoms with Crippen molar-refractivity contribution >= 4 is 25.3 Å². The topological polar surface area (TPSA) is 140 Å². The number of likely N-dealkylation sites (tertiary alicyclic amines) is 1. The summed E-state index contributed by atoms with van der Waals surface area (Å²) in [6, 6.07) is 7.28. The zero-order chi connectivity index (χ0) is 24.1. The minimum absolute atomic E-state index is 0.0625. The van der Waals surface area contributed by atoms with Crippen molar-refractivity contribution in [1.82, 2.24) is 9.62 Å². The number of carbonyl (C=O) groups is 1. The summed E-state index contributed by atoms with van der Waals surface area (Å²) in [6.45, 7) is 4.03. The largest absolute Gasteiger partial charge is 0.429 e. The zero-order valence-electron chi connectivity index (χ0n) is 17.4. The molecule has 1 aromatic rings. The SMILES string of the molecule is CN1CCCC(F)(F)C1.Cc1ccc(OC=O)cc1.[B]C1(O)NS(=O)C(C)(O)C1(O)O. The fraction of sp³-hybridized carbons (Fsp3) is 0.611. The Labute approximate surface area is 183 Å². The maximum Gasteiger partial charge on any atom is 0.298 e. The minimum Gasteiger partial charge on any atom is -0.429 e. The van der Waals surface area contributed by atoms with Crippen molar-refractivity contribution in [2.75, 3.05) is 20.1 Å². The summed E-state index contributed by atoms with van der Waals surface area (Å²) in [5.41, 5.74) is -1.54. The number of alkyl halides is 2. The van der Waals surface area contributed by atoms with Gasteiger partial charge in [-0.05, 0) is 46.0 Å². The van der Waals surface area contributed by atoms with Crippen LogP contribution in [0.1, 0.15) is 25.3 Å². The first-order valence-corrected chi connectivity index (χ1v) is 10.3. The van der Waals surface area contributed by atoms with Gasteiger partial charge in [0.15, 0.2) is 0 Å². The molecule has 0 amide bonds. The maximum atomic E-state index is 12.4. The third-order valence-electron chi connectivity index (χ3n) is 4.58. The Morgan fingerprint density at radius 1 is 1.23 bits per heavy atom. The van der Waals surface area contributed by atoms with Gasteiger partial charge < -0.3 is 30.1 Å². The van der Waals surface area contributed by atoms with Crippen molar-refractivity contribution in [3.8, 4) is 5.75 Å². The molecule has 2 aliphatic heterocycles. The molecule has 5 N–H and O–H groups in total. The fourth-order valence-electron chi connectivity index (χ4n) is 2.63. The predicted molar refractivity (Wildman–Crippen MR) is 109 cm³/mol. The average Bonchev–Trinajstić information content (AvgIpc) is 2.73. The van der Waals surface area contributed by atoms with E-state index in [1.54, 1.807) is 28.8 Å². The highest BCUT2D eigenvalue weighted by Crippen LogP contribution is 2.36. The highest BCUT2D eigenvalue weighted by Gasteiger charge is 2.66. The summed E-state index contributed by atoms with van der Waals surface area (Å²) in [6.07, 6.45) is 0.695. The molecule has 3 rings (SSSR count). The lowest BCUT2D eigenvalue weighted by Gasteiger charge is -2.34. The molecule has 2 radical (unpaired) electrons.